The molecule has 69 heavy (non-hydrogen) atoms. The summed E-state index contributed by atoms with van der Waals surface area (Å²) in [4.78, 5) is 54.3. The minimum Gasteiger partial charge on any atom is -0.379 e. The number of fused-ring (bicyclic) bond motifs is 2. The predicted molar refractivity (Wildman–Crippen MR) is 265 cm³/mol. The molecular weight excluding hydrogens is 895 g/mol. The summed E-state index contributed by atoms with van der Waals surface area (Å²) in [6.45, 7) is 7.30. The van der Waals surface area contributed by atoms with E-state index in [-0.39, 0.29) is 73.3 Å². The number of amides is 3. The van der Waals surface area contributed by atoms with Crippen LogP contribution in [0.3, 0.4) is 0 Å². The second-order valence-electron chi connectivity index (χ2n) is 16.7. The summed E-state index contributed by atoms with van der Waals surface area (Å²) in [5.41, 5.74) is 7.19. The van der Waals surface area contributed by atoms with E-state index in [2.05, 4.69) is 22.5 Å². The van der Waals surface area contributed by atoms with Crippen molar-refractivity contribution in [2.75, 3.05) is 76.6 Å². The van der Waals surface area contributed by atoms with E-state index in [0.717, 1.165) is 39.1 Å². The van der Waals surface area contributed by atoms with Crippen molar-refractivity contribution in [3.63, 3.8) is 0 Å². The summed E-state index contributed by atoms with van der Waals surface area (Å²) in [6.07, 6.45) is 1.21. The molecular formula is C55H61N3O10S. The maximum atomic E-state index is 13.8. The normalized spacial score (nSPS) is 12.3. The molecule has 1 unspecified atom stereocenters. The molecule has 1 aliphatic rings. The Labute approximate surface area is 405 Å². The number of aryl methyl sites for hydroxylation is 3. The molecule has 362 valence electrons. The number of para-hydroxylation sites is 1. The number of anilines is 1. The summed E-state index contributed by atoms with van der Waals surface area (Å²) >= 11 is 0. The molecule has 0 spiro atoms. The Hall–Kier alpha value is -6.47. The third-order valence-electron chi connectivity index (χ3n) is 11.5. The molecule has 0 radical (unpaired) electrons. The molecule has 1 atom stereocenters. The lowest BCUT2D eigenvalue weighted by molar-refractivity contribution is -0.122. The minimum absolute atomic E-state index is 0.103. The van der Waals surface area contributed by atoms with Crippen LogP contribution in [0.5, 0.6) is 0 Å². The monoisotopic (exact) mass is 955 g/mol. The molecule has 3 amide bonds. The number of nitrogens with one attached hydrogen (secondary N) is 2. The Morgan fingerprint density at radius 1 is 0.609 bits per heavy atom. The van der Waals surface area contributed by atoms with Crippen molar-refractivity contribution in [3.8, 4) is 11.8 Å². The van der Waals surface area contributed by atoms with Crippen LogP contribution in [0.4, 0.5) is 5.69 Å². The molecule has 0 bridgehead atoms. The number of ketones is 1. The number of nitrogens with zero attached hydrogens (tertiary/aromatic N) is 1. The summed E-state index contributed by atoms with van der Waals surface area (Å²) in [7, 11) is -3.74. The molecule has 1 aliphatic heterocycles. The van der Waals surface area contributed by atoms with Gasteiger partial charge in [-0.05, 0) is 80.3 Å². The third kappa shape index (κ3) is 16.6. The zero-order valence-electron chi connectivity index (χ0n) is 39.4. The third-order valence-corrected chi connectivity index (χ3v) is 13.3. The van der Waals surface area contributed by atoms with Crippen molar-refractivity contribution < 1.29 is 46.5 Å². The quantitative estimate of drug-likeness (QED) is 0.0323. The van der Waals surface area contributed by atoms with E-state index in [1.165, 1.54) is 0 Å². The van der Waals surface area contributed by atoms with Gasteiger partial charge in [-0.25, -0.2) is 8.42 Å². The molecule has 0 aromatic heterocycles. The van der Waals surface area contributed by atoms with Gasteiger partial charge in [0.15, 0.2) is 15.6 Å². The van der Waals surface area contributed by atoms with E-state index < -0.39 is 15.8 Å². The maximum absolute atomic E-state index is 13.8. The molecule has 2 N–H and O–H groups in total. The molecule has 0 aliphatic carbocycles. The Morgan fingerprint density at radius 3 is 1.86 bits per heavy atom. The van der Waals surface area contributed by atoms with Crippen LogP contribution < -0.4 is 15.5 Å². The Kier molecular flexibility index (Phi) is 20.2. The molecule has 0 saturated carbocycles. The van der Waals surface area contributed by atoms with Crippen LogP contribution in [0.25, 0.3) is 0 Å². The van der Waals surface area contributed by atoms with Gasteiger partial charge in [0, 0.05) is 54.1 Å². The lowest BCUT2D eigenvalue weighted by atomic mass is 9.92. The highest BCUT2D eigenvalue weighted by molar-refractivity contribution is 7.91. The van der Waals surface area contributed by atoms with Gasteiger partial charge in [-0.2, -0.15) is 0 Å². The number of hydrogen-bond acceptors (Lipinski definition) is 10. The van der Waals surface area contributed by atoms with Gasteiger partial charge in [-0.1, -0.05) is 102 Å². The second-order valence-corrected chi connectivity index (χ2v) is 18.8. The van der Waals surface area contributed by atoms with Crippen LogP contribution in [0.15, 0.2) is 126 Å². The van der Waals surface area contributed by atoms with Gasteiger partial charge in [-0.15, -0.1) is 0 Å². The average Bonchev–Trinajstić information content (AvgIpc) is 3.35. The standard InChI is InChI=1S/C55H61N3O10S/c1-41-11-15-43(16-12-41)17-18-49(40-69(63,64)50-25-13-42(2)14-26-50)54(61)46-21-23-47(24-22-46)55(62)57-30-32-66-34-36-68-38-37-67-35-33-65-31-28-52(59)56-29-27-53(60)58-39-48-9-4-3-7-44(48)19-20-45-8-5-6-10-51(45)58/h3-16,21-26,49H,17-18,27-40H2,1-2H3,(H,56,59)(H,57,62). The number of carbonyl (C=O) groups is 4. The molecule has 14 heteroatoms. The smallest absolute Gasteiger partial charge is 0.251 e. The number of rotatable bonds is 27. The van der Waals surface area contributed by atoms with Crippen molar-refractivity contribution >= 4 is 39.0 Å². The van der Waals surface area contributed by atoms with Crippen molar-refractivity contribution in [2.24, 2.45) is 5.92 Å². The molecule has 6 rings (SSSR count). The number of benzene rings is 5. The fourth-order valence-electron chi connectivity index (χ4n) is 7.52. The van der Waals surface area contributed by atoms with Gasteiger partial charge in [0.05, 0.1) is 75.7 Å². The van der Waals surface area contributed by atoms with Crippen LogP contribution in [0.1, 0.15) is 73.4 Å². The lowest BCUT2D eigenvalue weighted by Gasteiger charge is -2.26. The SMILES string of the molecule is Cc1ccc(CCC(CS(=O)(=O)c2ccc(C)cc2)C(=O)c2ccc(C(=O)NCCOCCOCCOCCOCCC(=O)NCCC(=O)N3Cc4ccccc4C#Cc4ccccc43)cc2)cc1. The Morgan fingerprint density at radius 2 is 1.17 bits per heavy atom. The average molecular weight is 956 g/mol. The van der Waals surface area contributed by atoms with Gasteiger partial charge in [0.2, 0.25) is 11.8 Å². The highest BCUT2D eigenvalue weighted by atomic mass is 32.2. The summed E-state index contributed by atoms with van der Waals surface area (Å²) in [5.74, 6) is 4.40. The number of ether oxygens (including phenoxy) is 4. The molecule has 0 fully saturated rings. The predicted octanol–water partition coefficient (Wildman–Crippen LogP) is 6.85. The van der Waals surface area contributed by atoms with E-state index in [9.17, 15) is 27.6 Å². The van der Waals surface area contributed by atoms with Gasteiger partial charge < -0.3 is 34.5 Å². The largest absolute Gasteiger partial charge is 0.379 e. The van der Waals surface area contributed by atoms with E-state index in [4.69, 9.17) is 18.9 Å². The zero-order chi connectivity index (χ0) is 48.9. The van der Waals surface area contributed by atoms with Crippen LogP contribution in [-0.4, -0.2) is 104 Å². The molecule has 1 heterocycles. The van der Waals surface area contributed by atoms with Crippen LogP contribution in [0.2, 0.25) is 0 Å². The van der Waals surface area contributed by atoms with Crippen LogP contribution in [0, 0.1) is 31.6 Å². The first kappa shape index (κ1) is 51.9. The lowest BCUT2D eigenvalue weighted by Crippen LogP contribution is -2.35. The topological polar surface area (TPSA) is 167 Å². The maximum Gasteiger partial charge on any atom is 0.251 e. The van der Waals surface area contributed by atoms with Crippen molar-refractivity contribution in [1.29, 1.82) is 0 Å². The fraction of sp³-hybridized carbons (Fsp3) is 0.345. The Balaban J connectivity index is 0.782. The molecule has 5 aromatic rings. The van der Waals surface area contributed by atoms with E-state index in [1.54, 1.807) is 53.4 Å². The first-order valence-corrected chi connectivity index (χ1v) is 25.0. The van der Waals surface area contributed by atoms with Crippen molar-refractivity contribution in [2.45, 2.75) is 51.0 Å². The molecule has 13 nitrogen and oxygen atoms in total. The van der Waals surface area contributed by atoms with E-state index >= 15 is 0 Å². The van der Waals surface area contributed by atoms with Crippen LogP contribution in [-0.2, 0) is 51.3 Å². The first-order valence-electron chi connectivity index (χ1n) is 23.3. The highest BCUT2D eigenvalue weighted by Gasteiger charge is 2.28. The summed E-state index contributed by atoms with van der Waals surface area (Å²) in [6, 6.07) is 36.3. The fourth-order valence-corrected chi connectivity index (χ4v) is 9.11. The van der Waals surface area contributed by atoms with Crippen molar-refractivity contribution in [1.82, 2.24) is 10.6 Å². The minimum atomic E-state index is -3.74. The summed E-state index contributed by atoms with van der Waals surface area (Å²) in [5, 5.41) is 5.62. The summed E-state index contributed by atoms with van der Waals surface area (Å²) < 4.78 is 49.0. The van der Waals surface area contributed by atoms with E-state index in [1.807, 2.05) is 86.6 Å². The molecule has 0 saturated heterocycles. The number of Topliss-reactive ketones (excluding diaryl/α,β-unsaturated/α-hetero) is 1. The van der Waals surface area contributed by atoms with Gasteiger partial charge in [-0.3, -0.25) is 19.2 Å². The van der Waals surface area contributed by atoms with Gasteiger partial charge in [0.1, 0.15) is 0 Å². The molecule has 5 aromatic carbocycles. The Bertz CT molecular complexity index is 2660. The zero-order valence-corrected chi connectivity index (χ0v) is 40.2. The first-order chi connectivity index (χ1) is 33.5. The van der Waals surface area contributed by atoms with Crippen molar-refractivity contribution in [3.05, 3.63) is 166 Å². The number of hydrogen-bond donors (Lipinski definition) is 2. The van der Waals surface area contributed by atoms with E-state index in [0.29, 0.717) is 70.2 Å². The van der Waals surface area contributed by atoms with Gasteiger partial charge >= 0.3 is 0 Å². The van der Waals surface area contributed by atoms with Crippen LogP contribution >= 0.6 is 0 Å². The number of carbonyl (C=O) groups excluding carboxylic acids is 4. The van der Waals surface area contributed by atoms with Gasteiger partial charge in [0.25, 0.3) is 5.91 Å². The number of sulfone groups is 1. The second kappa shape index (κ2) is 26.9. The highest BCUT2D eigenvalue weighted by Crippen LogP contribution is 2.26.